The predicted octanol–water partition coefficient (Wildman–Crippen LogP) is 2.58. The summed E-state index contributed by atoms with van der Waals surface area (Å²) in [6.07, 6.45) is 1.91. The third kappa shape index (κ3) is 2.98. The van der Waals surface area contributed by atoms with Crippen molar-refractivity contribution in [1.29, 1.82) is 0 Å². The molecule has 0 aliphatic carbocycles. The van der Waals surface area contributed by atoms with Gasteiger partial charge in [-0.25, -0.2) is 8.78 Å². The number of nitrogens with one attached hydrogen (secondary N) is 1. The van der Waals surface area contributed by atoms with Gasteiger partial charge in [0.1, 0.15) is 0 Å². The molecule has 0 saturated carbocycles. The van der Waals surface area contributed by atoms with Gasteiger partial charge in [0.25, 0.3) is 0 Å². The van der Waals surface area contributed by atoms with Gasteiger partial charge in [-0.1, -0.05) is 17.7 Å². The fourth-order valence-electron chi connectivity index (χ4n) is 2.11. The molecule has 2 aromatic rings. The van der Waals surface area contributed by atoms with Crippen molar-refractivity contribution in [3.63, 3.8) is 0 Å². The molecule has 0 bridgehead atoms. The van der Waals surface area contributed by atoms with Crippen LogP contribution in [0.15, 0.2) is 24.4 Å². The maximum absolute atomic E-state index is 13.2. The van der Waals surface area contributed by atoms with Gasteiger partial charge in [-0.2, -0.15) is 5.10 Å². The first kappa shape index (κ1) is 14.9. The molecule has 0 radical (unpaired) electrons. The number of aromatic nitrogens is 2. The predicted molar refractivity (Wildman–Crippen MR) is 73.0 cm³/mol. The van der Waals surface area contributed by atoms with E-state index >= 15 is 0 Å². The van der Waals surface area contributed by atoms with Gasteiger partial charge >= 0.3 is 0 Å². The Morgan fingerprint density at radius 2 is 2.15 bits per heavy atom. The summed E-state index contributed by atoms with van der Waals surface area (Å²) >= 11 is 6.11. The van der Waals surface area contributed by atoms with Crippen LogP contribution in [0.5, 0.6) is 0 Å². The molecule has 1 aromatic heterocycles. The van der Waals surface area contributed by atoms with Crippen molar-refractivity contribution in [2.45, 2.75) is 25.9 Å². The molecule has 0 saturated heterocycles. The van der Waals surface area contributed by atoms with E-state index in [9.17, 15) is 8.78 Å². The van der Waals surface area contributed by atoms with Gasteiger partial charge < -0.3 is 0 Å². The number of aryl methyl sites for hydroxylation is 1. The van der Waals surface area contributed by atoms with Crippen LogP contribution in [-0.2, 0) is 13.0 Å². The average Bonchev–Trinajstić information content (AvgIpc) is 2.81. The summed E-state index contributed by atoms with van der Waals surface area (Å²) in [5.74, 6) is 3.80. The zero-order valence-electron chi connectivity index (χ0n) is 10.9. The Morgan fingerprint density at radius 1 is 1.40 bits per heavy atom. The lowest BCUT2D eigenvalue weighted by Crippen LogP contribution is -2.31. The molecule has 1 atom stereocenters. The Balaban J connectivity index is 2.28. The highest BCUT2D eigenvalue weighted by Crippen LogP contribution is 2.25. The van der Waals surface area contributed by atoms with Crippen molar-refractivity contribution >= 4 is 11.6 Å². The van der Waals surface area contributed by atoms with Crippen LogP contribution in [0.4, 0.5) is 8.78 Å². The summed E-state index contributed by atoms with van der Waals surface area (Å²) in [5.41, 5.74) is 3.98. The molecule has 4 nitrogen and oxygen atoms in total. The van der Waals surface area contributed by atoms with Crippen LogP contribution in [0.2, 0.25) is 5.02 Å². The molecule has 0 aliphatic heterocycles. The largest absolute Gasteiger partial charge is 0.271 e. The molecular weight excluding hydrogens is 286 g/mol. The van der Waals surface area contributed by atoms with Gasteiger partial charge in [-0.05, 0) is 31.0 Å². The Bertz CT molecular complexity index is 600. The SMILES string of the molecule is CCn1ncc(Cl)c1C(Cc1ccc(F)c(F)c1)NN. The molecule has 1 unspecified atom stereocenters. The van der Waals surface area contributed by atoms with E-state index in [1.807, 2.05) is 6.92 Å². The first-order valence-electron chi connectivity index (χ1n) is 6.18. The van der Waals surface area contributed by atoms with E-state index in [0.717, 1.165) is 17.8 Å². The number of nitrogens with zero attached hydrogens (tertiary/aromatic N) is 2. The topological polar surface area (TPSA) is 55.9 Å². The zero-order valence-corrected chi connectivity index (χ0v) is 11.7. The summed E-state index contributed by atoms with van der Waals surface area (Å²) in [4.78, 5) is 0. The summed E-state index contributed by atoms with van der Waals surface area (Å²) in [5, 5.41) is 4.62. The number of halogens is 3. The van der Waals surface area contributed by atoms with Crippen molar-refractivity contribution < 1.29 is 8.78 Å². The molecule has 108 valence electrons. The summed E-state index contributed by atoms with van der Waals surface area (Å²) < 4.78 is 27.9. The van der Waals surface area contributed by atoms with Gasteiger partial charge in [0.15, 0.2) is 11.6 Å². The molecule has 3 N–H and O–H groups in total. The second-order valence-corrected chi connectivity index (χ2v) is 4.77. The Labute approximate surface area is 120 Å². The molecule has 1 aromatic carbocycles. The molecule has 7 heteroatoms. The van der Waals surface area contributed by atoms with Crippen LogP contribution >= 0.6 is 11.6 Å². The number of hydrazine groups is 1. The van der Waals surface area contributed by atoms with Crippen molar-refractivity contribution in [1.82, 2.24) is 15.2 Å². The number of hydrogen-bond donors (Lipinski definition) is 2. The molecule has 0 amide bonds. The fraction of sp³-hybridized carbons (Fsp3) is 0.308. The minimum Gasteiger partial charge on any atom is -0.271 e. The molecule has 0 aliphatic rings. The molecule has 1 heterocycles. The molecule has 2 rings (SSSR count). The number of benzene rings is 1. The zero-order chi connectivity index (χ0) is 14.7. The van der Waals surface area contributed by atoms with Gasteiger partial charge in [0.2, 0.25) is 0 Å². The van der Waals surface area contributed by atoms with Crippen molar-refractivity contribution in [2.24, 2.45) is 5.84 Å². The highest BCUT2D eigenvalue weighted by molar-refractivity contribution is 6.31. The van der Waals surface area contributed by atoms with E-state index in [1.165, 1.54) is 12.3 Å². The average molecular weight is 301 g/mol. The minimum atomic E-state index is -0.881. The Morgan fingerprint density at radius 3 is 2.75 bits per heavy atom. The van der Waals surface area contributed by atoms with Gasteiger partial charge in [-0.3, -0.25) is 16.0 Å². The number of rotatable bonds is 5. The van der Waals surface area contributed by atoms with E-state index in [2.05, 4.69) is 10.5 Å². The Hall–Kier alpha value is -1.50. The van der Waals surface area contributed by atoms with Gasteiger partial charge in [0, 0.05) is 6.54 Å². The highest BCUT2D eigenvalue weighted by Gasteiger charge is 2.19. The van der Waals surface area contributed by atoms with Gasteiger partial charge in [0.05, 0.1) is 23.0 Å². The van der Waals surface area contributed by atoms with Crippen LogP contribution < -0.4 is 11.3 Å². The van der Waals surface area contributed by atoms with E-state index in [1.54, 1.807) is 4.68 Å². The summed E-state index contributed by atoms with van der Waals surface area (Å²) in [7, 11) is 0. The van der Waals surface area contributed by atoms with Crippen LogP contribution in [0, 0.1) is 11.6 Å². The lowest BCUT2D eigenvalue weighted by molar-refractivity contribution is 0.483. The third-order valence-electron chi connectivity index (χ3n) is 3.09. The maximum atomic E-state index is 13.2. The van der Waals surface area contributed by atoms with Gasteiger partial charge in [-0.15, -0.1) is 0 Å². The highest BCUT2D eigenvalue weighted by atomic mass is 35.5. The molecular formula is C13H15ClF2N4. The lowest BCUT2D eigenvalue weighted by atomic mass is 10.0. The van der Waals surface area contributed by atoms with Crippen molar-refractivity contribution in [3.05, 3.63) is 52.3 Å². The smallest absolute Gasteiger partial charge is 0.159 e. The van der Waals surface area contributed by atoms with Crippen LogP contribution in [0.1, 0.15) is 24.2 Å². The molecule has 0 spiro atoms. The Kier molecular flexibility index (Phi) is 4.69. The second-order valence-electron chi connectivity index (χ2n) is 4.37. The normalized spacial score (nSPS) is 12.7. The summed E-state index contributed by atoms with van der Waals surface area (Å²) in [6.45, 7) is 2.57. The molecule has 0 fully saturated rings. The quantitative estimate of drug-likeness (QED) is 0.659. The molecule has 20 heavy (non-hydrogen) atoms. The number of hydrogen-bond acceptors (Lipinski definition) is 3. The standard InChI is InChI=1S/C13H15ClF2N4/c1-2-20-13(9(14)7-18-20)12(19-17)6-8-3-4-10(15)11(16)5-8/h3-5,7,12,19H,2,6,17H2,1H3. The van der Waals surface area contributed by atoms with E-state index in [-0.39, 0.29) is 6.04 Å². The van der Waals surface area contributed by atoms with Crippen molar-refractivity contribution in [3.8, 4) is 0 Å². The monoisotopic (exact) mass is 300 g/mol. The van der Waals surface area contributed by atoms with Crippen LogP contribution in [0.3, 0.4) is 0 Å². The van der Waals surface area contributed by atoms with E-state index in [4.69, 9.17) is 17.4 Å². The second kappa shape index (κ2) is 6.30. The fourth-order valence-corrected chi connectivity index (χ4v) is 2.38. The van der Waals surface area contributed by atoms with Crippen LogP contribution in [0.25, 0.3) is 0 Å². The minimum absolute atomic E-state index is 0.338. The maximum Gasteiger partial charge on any atom is 0.159 e. The van der Waals surface area contributed by atoms with E-state index in [0.29, 0.717) is 23.6 Å². The van der Waals surface area contributed by atoms with E-state index < -0.39 is 11.6 Å². The third-order valence-corrected chi connectivity index (χ3v) is 3.38. The first-order valence-corrected chi connectivity index (χ1v) is 6.55. The van der Waals surface area contributed by atoms with Crippen LogP contribution in [-0.4, -0.2) is 9.78 Å². The van der Waals surface area contributed by atoms with Crippen molar-refractivity contribution in [2.75, 3.05) is 0 Å². The lowest BCUT2D eigenvalue weighted by Gasteiger charge is -2.18. The number of nitrogens with two attached hydrogens (primary N) is 1. The first-order chi connectivity index (χ1) is 9.56. The summed E-state index contributed by atoms with van der Waals surface area (Å²) in [6, 6.07) is 3.43.